The fraction of sp³-hybridized carbons (Fsp3) is 0.520. The van der Waals surface area contributed by atoms with Crippen LogP contribution >= 0.6 is 15.9 Å². The highest BCUT2D eigenvalue weighted by molar-refractivity contribution is 9.09. The van der Waals surface area contributed by atoms with Crippen molar-refractivity contribution in [3.63, 3.8) is 0 Å². The lowest BCUT2D eigenvalue weighted by Gasteiger charge is -2.08. The van der Waals surface area contributed by atoms with E-state index in [2.05, 4.69) is 50.5 Å². The maximum atomic E-state index is 11.9. The summed E-state index contributed by atoms with van der Waals surface area (Å²) in [6, 6.07) is 4.16. The Morgan fingerprint density at radius 2 is 1.30 bits per heavy atom. The molecule has 0 aliphatic rings. The molecule has 0 radical (unpaired) electrons. The summed E-state index contributed by atoms with van der Waals surface area (Å²) in [5.74, 6) is -1.76. The van der Waals surface area contributed by atoms with Gasteiger partial charge in [0.1, 0.15) is 11.4 Å². The predicted molar refractivity (Wildman–Crippen MR) is 150 cm³/mol. The van der Waals surface area contributed by atoms with E-state index in [-0.39, 0.29) is 37.2 Å². The minimum absolute atomic E-state index is 0. The number of hydrogen-bond acceptors (Lipinski definition) is 9. The Balaban J connectivity index is 0. The Hall–Kier alpha value is -4.11. The quantitative estimate of drug-likeness (QED) is 0.119. The van der Waals surface area contributed by atoms with E-state index in [0.717, 1.165) is 16.5 Å². The van der Waals surface area contributed by atoms with Gasteiger partial charge in [-0.2, -0.15) is 54.8 Å². The summed E-state index contributed by atoms with van der Waals surface area (Å²) in [7, 11) is 3.66. The number of rotatable bonds is 8. The molecule has 0 unspecified atom stereocenters. The first kappa shape index (κ1) is 45.0. The van der Waals surface area contributed by atoms with Crippen molar-refractivity contribution >= 4 is 33.8 Å². The van der Waals surface area contributed by atoms with Crippen LogP contribution in [0.15, 0.2) is 36.8 Å². The van der Waals surface area contributed by atoms with Crippen molar-refractivity contribution in [3.05, 3.63) is 53.9 Å². The van der Waals surface area contributed by atoms with Gasteiger partial charge in [-0.1, -0.05) is 23.4 Å². The molecule has 0 fully saturated rings. The zero-order valence-electron chi connectivity index (χ0n) is 24.2. The molecule has 3 aromatic heterocycles. The van der Waals surface area contributed by atoms with Gasteiger partial charge in [0.05, 0.1) is 47.1 Å². The molecule has 268 valence electrons. The monoisotopic (exact) mass is 762 g/mol. The van der Waals surface area contributed by atoms with Gasteiger partial charge in [0, 0.05) is 30.5 Å². The zero-order valence-corrected chi connectivity index (χ0v) is 25.8. The topological polar surface area (TPSA) is 143 Å². The molecule has 0 aromatic carbocycles. The molecule has 0 atom stereocenters. The number of aromatic nitrogens is 6. The van der Waals surface area contributed by atoms with E-state index in [0.29, 0.717) is 5.69 Å². The van der Waals surface area contributed by atoms with E-state index in [4.69, 9.17) is 0 Å². The molecule has 12 nitrogen and oxygen atoms in total. The number of H-pyrrole nitrogens is 1. The van der Waals surface area contributed by atoms with E-state index in [1.165, 1.54) is 44.9 Å². The van der Waals surface area contributed by atoms with Crippen LogP contribution in [0.25, 0.3) is 0 Å². The Kier molecular flexibility index (Phi) is 20.7. The van der Waals surface area contributed by atoms with Crippen LogP contribution in [0.3, 0.4) is 0 Å². The second-order valence-corrected chi connectivity index (χ2v) is 8.93. The normalized spacial score (nSPS) is 10.8. The van der Waals surface area contributed by atoms with Crippen LogP contribution in [-0.4, -0.2) is 92.9 Å². The molecule has 3 rings (SSSR count). The predicted octanol–water partition coefficient (Wildman–Crippen LogP) is 6.41. The molecule has 0 aliphatic carbocycles. The van der Waals surface area contributed by atoms with Gasteiger partial charge in [0.15, 0.2) is 5.69 Å². The number of hydrogen-bond donors (Lipinski definition) is 1. The number of nitrogens with zero attached hydrogens (tertiary/aromatic N) is 5. The summed E-state index contributed by atoms with van der Waals surface area (Å²) in [6.45, 7) is -0.693. The van der Waals surface area contributed by atoms with Crippen LogP contribution in [0, 0.1) is 0 Å². The third-order valence-electron chi connectivity index (χ3n) is 4.66. The first-order valence-electron chi connectivity index (χ1n) is 12.3. The number of halogens is 10. The van der Waals surface area contributed by atoms with Gasteiger partial charge in [0.25, 0.3) is 0 Å². The van der Waals surface area contributed by atoms with E-state index in [1.807, 2.05) is 0 Å². The number of aromatic amines is 1. The number of carbonyl (C=O) groups is 3. The van der Waals surface area contributed by atoms with Gasteiger partial charge in [-0.3, -0.25) is 14.5 Å². The minimum atomic E-state index is -4.26. The summed E-state index contributed by atoms with van der Waals surface area (Å²) >= 11 is 2.67. The van der Waals surface area contributed by atoms with E-state index < -0.39 is 55.7 Å². The van der Waals surface area contributed by atoms with Gasteiger partial charge in [0.2, 0.25) is 0 Å². The zero-order chi connectivity index (χ0) is 35.6. The molecule has 0 bridgehead atoms. The molecule has 0 amide bonds. The average molecular weight is 763 g/mol. The molecule has 47 heavy (non-hydrogen) atoms. The second kappa shape index (κ2) is 21.6. The van der Waals surface area contributed by atoms with Crippen LogP contribution in [-0.2, 0) is 27.3 Å². The Bertz CT molecular complexity index is 1310. The standard InChI is InChI=1S/2C8H9F3N2O2.C5H6N2O2.C3H4BrF3.CH4/c1-15-7(14)6-2-4-13(12-6)5-3-8(9,10)11;1-15-7(14)6-2-4-12-13(6)5-3-8(9,10)11;1-9-5(8)4-2-3-6-7-4;4-2-1-3(5,6)7;/h2*2,4H,3,5H2,1H3;2-3H,1H3,(H,6,7);1-2H2;1H4. The van der Waals surface area contributed by atoms with Gasteiger partial charge in [-0.15, -0.1) is 0 Å². The maximum Gasteiger partial charge on any atom is 0.390 e. The number of ether oxygens (including phenoxy) is 3. The lowest BCUT2D eigenvalue weighted by molar-refractivity contribution is -0.138. The third-order valence-corrected chi connectivity index (χ3v) is 5.06. The second-order valence-electron chi connectivity index (χ2n) is 8.13. The summed E-state index contributed by atoms with van der Waals surface area (Å²) in [6.07, 6.45) is -11.2. The number of aryl methyl sites for hydroxylation is 2. The first-order chi connectivity index (χ1) is 21.3. The number of nitrogens with one attached hydrogen (secondary N) is 1. The molecule has 0 spiro atoms. The number of esters is 3. The summed E-state index contributed by atoms with van der Waals surface area (Å²) in [5.41, 5.74) is 0.388. The highest BCUT2D eigenvalue weighted by atomic mass is 79.9. The molecule has 0 aliphatic heterocycles. The highest BCUT2D eigenvalue weighted by Crippen LogP contribution is 2.21. The molecule has 3 aromatic rings. The van der Waals surface area contributed by atoms with Crippen molar-refractivity contribution in [1.82, 2.24) is 29.8 Å². The SMILES string of the molecule is C.COC(=O)c1ccn(CCC(F)(F)F)n1.COC(=O)c1ccn[nH]1.COC(=O)c1ccnn1CCC(F)(F)F.FC(F)(F)CCBr. The number of methoxy groups -OCH3 is 3. The molecular formula is C25H32BrF9N6O6. The van der Waals surface area contributed by atoms with Crippen molar-refractivity contribution in [2.45, 2.75) is 58.3 Å². The largest absolute Gasteiger partial charge is 0.464 e. The van der Waals surface area contributed by atoms with Crippen LogP contribution in [0.5, 0.6) is 0 Å². The van der Waals surface area contributed by atoms with Gasteiger partial charge in [-0.25, -0.2) is 14.4 Å². The van der Waals surface area contributed by atoms with Gasteiger partial charge < -0.3 is 14.2 Å². The van der Waals surface area contributed by atoms with Crippen LogP contribution in [0.2, 0.25) is 0 Å². The van der Waals surface area contributed by atoms with Crippen molar-refractivity contribution in [1.29, 1.82) is 0 Å². The molecule has 0 saturated heterocycles. The lowest BCUT2D eigenvalue weighted by Crippen LogP contribution is -2.17. The van der Waals surface area contributed by atoms with Gasteiger partial charge in [-0.05, 0) is 18.2 Å². The molecule has 1 N–H and O–H groups in total. The summed E-state index contributed by atoms with van der Waals surface area (Å²) in [5, 5.41) is 13.3. The number of carbonyl (C=O) groups excluding carboxylic acids is 3. The average Bonchev–Trinajstić information content (AvgIpc) is 3.76. The van der Waals surface area contributed by atoms with E-state index in [1.54, 1.807) is 6.07 Å². The summed E-state index contributed by atoms with van der Waals surface area (Å²) in [4.78, 5) is 32.5. The van der Waals surface area contributed by atoms with Crippen LogP contribution in [0.4, 0.5) is 39.5 Å². The maximum absolute atomic E-state index is 11.9. The van der Waals surface area contributed by atoms with Crippen LogP contribution < -0.4 is 0 Å². The third kappa shape index (κ3) is 21.3. The molecule has 0 saturated carbocycles. The molecule has 22 heteroatoms. The van der Waals surface area contributed by atoms with Crippen molar-refractivity contribution < 1.29 is 68.1 Å². The van der Waals surface area contributed by atoms with Crippen molar-refractivity contribution in [2.75, 3.05) is 26.7 Å². The van der Waals surface area contributed by atoms with Crippen molar-refractivity contribution in [3.8, 4) is 0 Å². The van der Waals surface area contributed by atoms with Crippen LogP contribution in [0.1, 0.15) is 58.2 Å². The lowest BCUT2D eigenvalue weighted by atomic mass is 10.4. The van der Waals surface area contributed by atoms with E-state index in [9.17, 15) is 53.9 Å². The minimum Gasteiger partial charge on any atom is -0.464 e. The highest BCUT2D eigenvalue weighted by Gasteiger charge is 2.28. The Morgan fingerprint density at radius 1 is 0.766 bits per heavy atom. The summed E-state index contributed by atoms with van der Waals surface area (Å²) < 4.78 is 119. The first-order valence-corrected chi connectivity index (χ1v) is 13.4. The fourth-order valence-electron chi connectivity index (χ4n) is 2.55. The molecule has 3 heterocycles. The Labute approximate surface area is 270 Å². The smallest absolute Gasteiger partial charge is 0.390 e. The number of alkyl halides is 10. The Morgan fingerprint density at radius 3 is 1.72 bits per heavy atom. The van der Waals surface area contributed by atoms with E-state index >= 15 is 0 Å². The van der Waals surface area contributed by atoms with Gasteiger partial charge >= 0.3 is 36.4 Å². The molecular weight excluding hydrogens is 731 g/mol. The van der Waals surface area contributed by atoms with Crippen molar-refractivity contribution in [2.24, 2.45) is 0 Å². The fourth-order valence-corrected chi connectivity index (χ4v) is 3.00.